The number of benzene rings is 4. The van der Waals surface area contributed by atoms with E-state index in [1.54, 1.807) is 0 Å². The molecule has 33 heavy (non-hydrogen) atoms. The van der Waals surface area contributed by atoms with Gasteiger partial charge in [0.1, 0.15) is 0 Å². The molecule has 0 saturated heterocycles. The van der Waals surface area contributed by atoms with Gasteiger partial charge in [-0.15, -0.1) is 0 Å². The first-order chi connectivity index (χ1) is 15.9. The fourth-order valence-electron chi connectivity index (χ4n) is 4.56. The zero-order valence-corrected chi connectivity index (χ0v) is 20.8. The van der Waals surface area contributed by atoms with E-state index in [4.69, 9.17) is 11.2 Å². The van der Waals surface area contributed by atoms with E-state index in [1.165, 1.54) is 5.56 Å². The fraction of sp³-hybridized carbons (Fsp3) is 0.167. The Hall–Kier alpha value is -2.73. The molecule has 4 aromatic carbocycles. The van der Waals surface area contributed by atoms with Crippen molar-refractivity contribution in [2.24, 2.45) is 0 Å². The second-order valence-electron chi connectivity index (χ2n) is 8.86. The molecule has 0 aliphatic heterocycles. The van der Waals surface area contributed by atoms with Gasteiger partial charge in [-0.1, -0.05) is 0 Å². The third-order valence-corrected chi connectivity index (χ3v) is 14.0. The van der Waals surface area contributed by atoms with Crippen LogP contribution in [0.15, 0.2) is 115 Å². The van der Waals surface area contributed by atoms with Gasteiger partial charge in [0.25, 0.3) is 0 Å². The van der Waals surface area contributed by atoms with Crippen LogP contribution in [0.4, 0.5) is 0 Å². The zero-order valence-electron chi connectivity index (χ0n) is 19.2. The molecular weight excluding hydrogens is 443 g/mol. The molecule has 1 nitrogen and oxygen atoms in total. The summed E-state index contributed by atoms with van der Waals surface area (Å²) in [4.78, 5) is 13.4. The summed E-state index contributed by atoms with van der Waals surface area (Å²) >= 11 is 8.05. The van der Waals surface area contributed by atoms with E-state index in [-0.39, 0.29) is 5.78 Å². The van der Waals surface area contributed by atoms with Gasteiger partial charge in [-0.05, 0) is 0 Å². The van der Waals surface area contributed by atoms with Crippen LogP contribution in [0.1, 0.15) is 42.1 Å². The molecule has 0 bridgehead atoms. The van der Waals surface area contributed by atoms with Crippen molar-refractivity contribution in [3.63, 3.8) is 0 Å². The summed E-state index contributed by atoms with van der Waals surface area (Å²) in [5.74, 6) is -2.85. The van der Waals surface area contributed by atoms with E-state index in [9.17, 15) is 4.79 Å². The first-order valence-electron chi connectivity index (χ1n) is 11.5. The van der Waals surface area contributed by atoms with Crippen LogP contribution in [0.25, 0.3) is 0 Å². The van der Waals surface area contributed by atoms with Crippen LogP contribution < -0.4 is 15.9 Å². The molecule has 0 atom stereocenters. The molecule has 0 spiro atoms. The summed E-state index contributed by atoms with van der Waals surface area (Å²) in [7, 11) is 0. The van der Waals surface area contributed by atoms with Crippen LogP contribution in [0.2, 0.25) is 0 Å². The van der Waals surface area contributed by atoms with E-state index >= 15 is 0 Å². The van der Waals surface area contributed by atoms with Crippen LogP contribution >= 0.6 is 17.2 Å². The summed E-state index contributed by atoms with van der Waals surface area (Å²) in [6, 6.07) is 39.0. The van der Waals surface area contributed by atoms with Gasteiger partial charge >= 0.3 is 202 Å². The first kappa shape index (κ1) is 23.4. The van der Waals surface area contributed by atoms with Crippen molar-refractivity contribution in [1.29, 1.82) is 0 Å². The van der Waals surface area contributed by atoms with Gasteiger partial charge in [-0.2, -0.15) is 0 Å². The van der Waals surface area contributed by atoms with Crippen molar-refractivity contribution in [2.45, 2.75) is 26.2 Å². The van der Waals surface area contributed by atoms with Crippen LogP contribution in [-0.2, 0) is 0 Å². The molecule has 0 unspecified atom stereocenters. The number of ketones is 1. The van der Waals surface area contributed by atoms with Gasteiger partial charge in [-0.3, -0.25) is 0 Å². The summed E-state index contributed by atoms with van der Waals surface area (Å²) in [6.45, 7) is 4.32. The molecule has 0 fully saturated rings. The number of hydrogen-bond acceptors (Lipinski definition) is 1. The van der Waals surface area contributed by atoms with E-state index in [0.717, 1.165) is 21.5 Å². The molecule has 0 saturated carbocycles. The third-order valence-electron chi connectivity index (χ3n) is 6.54. The number of carbonyl (C=O) groups excluding carboxylic acids is 1. The normalized spacial score (nSPS) is 12.8. The standard InChI is InChI=1S/C30H30ClOP/c1-24(2)25-18-20-26(21-19-25)30(32)22-23-33(31,27-12-6-3-7-13-27,28-14-8-4-9-15-28)29-16-10-5-11-17-29/h3-21,24H,22-23H2,1-2H3. The van der Waals surface area contributed by atoms with E-state index < -0.39 is 5.96 Å². The maximum atomic E-state index is 13.4. The molecule has 0 aromatic heterocycles. The Bertz CT molecular complexity index is 1100. The van der Waals surface area contributed by atoms with Crippen LogP contribution in [0, 0.1) is 0 Å². The van der Waals surface area contributed by atoms with Gasteiger partial charge in [0.2, 0.25) is 0 Å². The van der Waals surface area contributed by atoms with Crippen molar-refractivity contribution in [3.8, 4) is 0 Å². The number of halogens is 1. The van der Waals surface area contributed by atoms with Crippen LogP contribution in [-0.4, -0.2) is 11.9 Å². The minimum atomic E-state index is -3.41. The molecule has 168 valence electrons. The van der Waals surface area contributed by atoms with Crippen LogP contribution in [0.5, 0.6) is 0 Å². The molecule has 0 aliphatic carbocycles. The average Bonchev–Trinajstić information content (AvgIpc) is 2.89. The topological polar surface area (TPSA) is 17.1 Å². The van der Waals surface area contributed by atoms with Gasteiger partial charge in [0.15, 0.2) is 0 Å². The summed E-state index contributed by atoms with van der Waals surface area (Å²) in [6.07, 6.45) is 0.941. The van der Waals surface area contributed by atoms with Crippen molar-refractivity contribution < 1.29 is 4.79 Å². The molecule has 0 amide bonds. The predicted molar refractivity (Wildman–Crippen MR) is 145 cm³/mol. The summed E-state index contributed by atoms with van der Waals surface area (Å²) < 4.78 is 0. The van der Waals surface area contributed by atoms with E-state index in [1.807, 2.05) is 66.7 Å². The molecule has 4 rings (SSSR count). The predicted octanol–water partition coefficient (Wildman–Crippen LogP) is 7.07. The molecular formula is C30H30ClOP. The third kappa shape index (κ3) is 4.41. The Morgan fingerprint density at radius 3 is 1.42 bits per heavy atom. The second kappa shape index (κ2) is 9.64. The Labute approximate surface area is 202 Å². The monoisotopic (exact) mass is 472 g/mol. The fourth-order valence-corrected chi connectivity index (χ4v) is 10.5. The number of carbonyl (C=O) groups is 1. The maximum absolute atomic E-state index is 13.4. The average molecular weight is 473 g/mol. The molecule has 0 N–H and O–H groups in total. The SMILES string of the molecule is CC(C)c1ccc(C(=O)CCP(Cl)(c2ccccc2)(c2ccccc2)c2ccccc2)cc1. The number of rotatable bonds is 8. The van der Waals surface area contributed by atoms with Gasteiger partial charge < -0.3 is 0 Å². The van der Waals surface area contributed by atoms with Crippen LogP contribution in [0.3, 0.4) is 0 Å². The Kier molecular flexibility index (Phi) is 6.84. The Balaban J connectivity index is 1.82. The van der Waals surface area contributed by atoms with Gasteiger partial charge in [0.05, 0.1) is 0 Å². The van der Waals surface area contributed by atoms with Crippen molar-refractivity contribution >= 4 is 38.9 Å². The summed E-state index contributed by atoms with van der Waals surface area (Å²) in [5, 5.41) is 3.27. The second-order valence-corrected chi connectivity index (χ2v) is 15.5. The van der Waals surface area contributed by atoms with Gasteiger partial charge in [-0.25, -0.2) is 0 Å². The van der Waals surface area contributed by atoms with Crippen molar-refractivity contribution in [1.82, 2.24) is 0 Å². The number of hydrogen-bond donors (Lipinski definition) is 0. The molecule has 0 aliphatic rings. The zero-order chi connectivity index (χ0) is 23.3. The Morgan fingerprint density at radius 1 is 0.667 bits per heavy atom. The van der Waals surface area contributed by atoms with Crippen molar-refractivity contribution in [3.05, 3.63) is 126 Å². The van der Waals surface area contributed by atoms with E-state index in [0.29, 0.717) is 18.5 Å². The molecule has 3 heteroatoms. The first-order valence-corrected chi connectivity index (χ1v) is 14.8. The Morgan fingerprint density at radius 2 is 1.06 bits per heavy atom. The van der Waals surface area contributed by atoms with E-state index in [2.05, 4.69) is 62.4 Å². The molecule has 0 radical (unpaired) electrons. The van der Waals surface area contributed by atoms with Crippen molar-refractivity contribution in [2.75, 3.05) is 6.16 Å². The summed E-state index contributed by atoms with van der Waals surface area (Å²) in [5.41, 5.74) is 1.98. The quantitative estimate of drug-likeness (QED) is 0.198. The molecule has 0 heterocycles. The minimum absolute atomic E-state index is 0.128. The molecule has 4 aromatic rings. The number of Topliss-reactive ketones (excluding diaryl/α,β-unsaturated/α-hetero) is 1. The van der Waals surface area contributed by atoms with Gasteiger partial charge in [0, 0.05) is 0 Å².